The van der Waals surface area contributed by atoms with Gasteiger partial charge in [-0.1, -0.05) is 31.5 Å². The number of aryl methyl sites for hydroxylation is 1. The fourth-order valence-electron chi connectivity index (χ4n) is 2.45. The molecule has 0 atom stereocenters. The number of aromatic nitrogens is 2. The average molecular weight is 266 g/mol. The first kappa shape index (κ1) is 13.0. The Labute approximate surface area is 112 Å². The maximum Gasteiger partial charge on any atom is 0.270 e. The number of carbonyl (C=O) groups excluding carboxylic acids is 1. The van der Waals surface area contributed by atoms with Crippen molar-refractivity contribution in [3.05, 3.63) is 18.2 Å². The average Bonchev–Trinajstić information content (AvgIpc) is 2.76. The van der Waals surface area contributed by atoms with Gasteiger partial charge in [0.15, 0.2) is 0 Å². The first-order valence-electron chi connectivity index (χ1n) is 6.14. The molecule has 0 radical (unpaired) electrons. The minimum Gasteiger partial charge on any atom is -0.391 e. The molecule has 1 heterocycles. The lowest BCUT2D eigenvalue weighted by Gasteiger charge is -2.37. The number of imidazole rings is 1. The molecule has 1 aromatic heterocycles. The van der Waals surface area contributed by atoms with Crippen molar-refractivity contribution in [2.75, 3.05) is 0 Å². The second kappa shape index (κ2) is 5.06. The summed E-state index contributed by atoms with van der Waals surface area (Å²) in [5.41, 5.74) is 5.84. The Kier molecular flexibility index (Phi) is 3.65. The molecule has 1 fully saturated rings. The molecule has 0 saturated heterocycles. The molecule has 1 aliphatic carbocycles. The summed E-state index contributed by atoms with van der Waals surface area (Å²) in [5, 5.41) is 3.01. The third-order valence-electron chi connectivity index (χ3n) is 3.58. The molecule has 1 saturated carbocycles. The molecular formula is C12H18N4OS. The molecule has 0 unspecified atom stereocenters. The van der Waals surface area contributed by atoms with Crippen LogP contribution >= 0.6 is 12.2 Å². The lowest BCUT2D eigenvalue weighted by Crippen LogP contribution is -2.57. The van der Waals surface area contributed by atoms with E-state index in [1.165, 1.54) is 6.42 Å². The maximum atomic E-state index is 12.2. The molecular weight excluding hydrogens is 248 g/mol. The Hall–Kier alpha value is -1.43. The van der Waals surface area contributed by atoms with Crippen LogP contribution in [0, 0.1) is 0 Å². The number of amides is 1. The summed E-state index contributed by atoms with van der Waals surface area (Å²) in [6.07, 6.45) is 8.06. The van der Waals surface area contributed by atoms with Gasteiger partial charge < -0.3 is 15.6 Å². The quantitative estimate of drug-likeness (QED) is 0.805. The zero-order valence-corrected chi connectivity index (χ0v) is 11.3. The molecule has 3 N–H and O–H groups in total. The van der Waals surface area contributed by atoms with Crippen LogP contribution in [0.15, 0.2) is 12.5 Å². The van der Waals surface area contributed by atoms with Gasteiger partial charge in [-0.25, -0.2) is 4.98 Å². The molecule has 2 rings (SSSR count). The van der Waals surface area contributed by atoms with Crippen LogP contribution in [0.1, 0.15) is 42.6 Å². The summed E-state index contributed by atoms with van der Waals surface area (Å²) in [4.78, 5) is 16.5. The lowest BCUT2D eigenvalue weighted by atomic mass is 9.81. The van der Waals surface area contributed by atoms with Gasteiger partial charge in [0.2, 0.25) is 0 Å². The smallest absolute Gasteiger partial charge is 0.270 e. The minimum atomic E-state index is -0.519. The van der Waals surface area contributed by atoms with Crippen molar-refractivity contribution in [1.29, 1.82) is 0 Å². The fraction of sp³-hybridized carbons (Fsp3) is 0.583. The Morgan fingerprint density at radius 2 is 2.17 bits per heavy atom. The first-order chi connectivity index (χ1) is 8.55. The number of rotatable bonds is 3. The zero-order valence-electron chi connectivity index (χ0n) is 10.5. The Morgan fingerprint density at radius 3 is 2.67 bits per heavy atom. The van der Waals surface area contributed by atoms with Gasteiger partial charge in [-0.15, -0.1) is 0 Å². The fourth-order valence-corrected chi connectivity index (χ4v) is 2.70. The van der Waals surface area contributed by atoms with Crippen LogP contribution in [0.3, 0.4) is 0 Å². The van der Waals surface area contributed by atoms with Crippen molar-refractivity contribution in [2.45, 2.75) is 37.6 Å². The number of nitrogens with one attached hydrogen (secondary N) is 1. The topological polar surface area (TPSA) is 72.9 Å². The van der Waals surface area contributed by atoms with E-state index in [9.17, 15) is 4.79 Å². The second-order valence-electron chi connectivity index (χ2n) is 4.85. The molecule has 6 heteroatoms. The van der Waals surface area contributed by atoms with Crippen LogP contribution in [0.25, 0.3) is 0 Å². The molecule has 98 valence electrons. The Balaban J connectivity index is 2.17. The molecule has 5 nitrogen and oxygen atoms in total. The van der Waals surface area contributed by atoms with Crippen LogP contribution in [-0.2, 0) is 7.05 Å². The highest BCUT2D eigenvalue weighted by molar-refractivity contribution is 7.80. The molecule has 18 heavy (non-hydrogen) atoms. The van der Waals surface area contributed by atoms with Gasteiger partial charge in [0.05, 0.1) is 23.1 Å². The minimum absolute atomic E-state index is 0.162. The number of nitrogens with two attached hydrogens (primary N) is 1. The molecule has 1 amide bonds. The lowest BCUT2D eigenvalue weighted by molar-refractivity contribution is 0.0900. The Bertz CT molecular complexity index is 462. The van der Waals surface area contributed by atoms with Crippen molar-refractivity contribution in [1.82, 2.24) is 14.9 Å². The highest BCUT2D eigenvalue weighted by Gasteiger charge is 2.37. The van der Waals surface area contributed by atoms with Gasteiger partial charge in [0.25, 0.3) is 5.91 Å². The first-order valence-corrected chi connectivity index (χ1v) is 6.55. The van der Waals surface area contributed by atoms with Crippen LogP contribution in [0.4, 0.5) is 0 Å². The molecule has 0 spiro atoms. The van der Waals surface area contributed by atoms with E-state index < -0.39 is 5.54 Å². The summed E-state index contributed by atoms with van der Waals surface area (Å²) in [6, 6.07) is 0. The van der Waals surface area contributed by atoms with E-state index in [-0.39, 0.29) is 5.91 Å². The van der Waals surface area contributed by atoms with Crippen molar-refractivity contribution < 1.29 is 4.79 Å². The number of hydrogen-bond donors (Lipinski definition) is 2. The molecule has 1 aromatic rings. The van der Waals surface area contributed by atoms with Crippen LogP contribution < -0.4 is 11.1 Å². The van der Waals surface area contributed by atoms with Gasteiger partial charge >= 0.3 is 0 Å². The van der Waals surface area contributed by atoms with E-state index in [0.29, 0.717) is 10.7 Å². The number of hydrogen-bond acceptors (Lipinski definition) is 3. The zero-order chi connectivity index (χ0) is 13.2. The van der Waals surface area contributed by atoms with E-state index in [4.69, 9.17) is 18.0 Å². The van der Waals surface area contributed by atoms with Crippen molar-refractivity contribution >= 4 is 23.1 Å². The largest absolute Gasteiger partial charge is 0.391 e. The van der Waals surface area contributed by atoms with E-state index in [1.54, 1.807) is 24.1 Å². The van der Waals surface area contributed by atoms with Crippen LogP contribution in [0.2, 0.25) is 0 Å². The highest BCUT2D eigenvalue weighted by atomic mass is 32.1. The second-order valence-corrected chi connectivity index (χ2v) is 5.29. The van der Waals surface area contributed by atoms with E-state index in [1.807, 2.05) is 0 Å². The van der Waals surface area contributed by atoms with E-state index in [0.717, 1.165) is 25.7 Å². The van der Waals surface area contributed by atoms with E-state index in [2.05, 4.69) is 10.3 Å². The van der Waals surface area contributed by atoms with Crippen LogP contribution in [-0.4, -0.2) is 26.0 Å². The van der Waals surface area contributed by atoms with Crippen molar-refractivity contribution in [3.8, 4) is 0 Å². The summed E-state index contributed by atoms with van der Waals surface area (Å²) in [5.74, 6) is -0.162. The Morgan fingerprint density at radius 1 is 1.50 bits per heavy atom. The summed E-state index contributed by atoms with van der Waals surface area (Å²) in [7, 11) is 1.79. The highest BCUT2D eigenvalue weighted by Crippen LogP contribution is 2.28. The van der Waals surface area contributed by atoms with Crippen LogP contribution in [0.5, 0.6) is 0 Å². The van der Waals surface area contributed by atoms with Gasteiger partial charge in [-0.05, 0) is 12.8 Å². The predicted octanol–water partition coefficient (Wildman–Crippen LogP) is 1.14. The number of carbonyl (C=O) groups is 1. The normalized spacial score (nSPS) is 18.3. The number of nitrogens with zero attached hydrogens (tertiary/aromatic N) is 2. The van der Waals surface area contributed by atoms with Gasteiger partial charge in [-0.2, -0.15) is 0 Å². The van der Waals surface area contributed by atoms with Gasteiger partial charge in [-0.3, -0.25) is 4.79 Å². The standard InChI is InChI=1S/C12H18N4OS/c1-16-8-14-7-9(16)10(17)15-12(11(13)18)5-3-2-4-6-12/h7-8H,2-6H2,1H3,(H2,13,18)(H,15,17). The monoisotopic (exact) mass is 266 g/mol. The van der Waals surface area contributed by atoms with Crippen molar-refractivity contribution in [2.24, 2.45) is 12.8 Å². The molecule has 1 aliphatic rings. The predicted molar refractivity (Wildman–Crippen MR) is 73.3 cm³/mol. The molecule has 0 aromatic carbocycles. The molecule has 0 bridgehead atoms. The summed E-state index contributed by atoms with van der Waals surface area (Å²) in [6.45, 7) is 0. The third-order valence-corrected chi connectivity index (χ3v) is 3.97. The third kappa shape index (κ3) is 2.38. The van der Waals surface area contributed by atoms with Gasteiger partial charge in [0.1, 0.15) is 5.69 Å². The summed E-state index contributed by atoms with van der Waals surface area (Å²) < 4.78 is 1.69. The number of thiocarbonyl (C=S) groups is 1. The van der Waals surface area contributed by atoms with Crippen molar-refractivity contribution in [3.63, 3.8) is 0 Å². The SMILES string of the molecule is Cn1cncc1C(=O)NC1(C(N)=S)CCCCC1. The molecule has 0 aliphatic heterocycles. The van der Waals surface area contributed by atoms with E-state index >= 15 is 0 Å². The summed E-state index contributed by atoms with van der Waals surface area (Å²) >= 11 is 5.15. The maximum absolute atomic E-state index is 12.2. The van der Waals surface area contributed by atoms with Gasteiger partial charge in [0, 0.05) is 7.05 Å².